The van der Waals surface area contributed by atoms with Gasteiger partial charge in [0.1, 0.15) is 0 Å². The highest BCUT2D eigenvalue weighted by Crippen LogP contribution is 2.36. The van der Waals surface area contributed by atoms with E-state index in [1.165, 1.54) is 11.8 Å². The summed E-state index contributed by atoms with van der Waals surface area (Å²) in [6, 6.07) is 16.2. The first kappa shape index (κ1) is 33.2. The number of ether oxygens (including phenoxy) is 5. The Morgan fingerprint density at radius 1 is 0.958 bits per heavy atom. The van der Waals surface area contributed by atoms with Gasteiger partial charge in [0.05, 0.1) is 50.1 Å². The van der Waals surface area contributed by atoms with Crippen LogP contribution in [0.1, 0.15) is 34.8 Å². The standard InChI is InChI=1S/C35H38N4O8S/c1-4-31(34(42)38-13-15-45-16-14-38)48-35-37-26-19-30-29(46-21-47-30)18-25(26)33(41)39(35)20-23-5-8-24(9-6-23)32(40)36-12-11-22-7-10-27(43-2)28(17-22)44-3/h5-10,17-19,31H,4,11-16,20-21H2,1-3H3,(H,36,40). The molecule has 0 aliphatic carbocycles. The van der Waals surface area contributed by atoms with Crippen LogP contribution in [0.15, 0.2) is 64.5 Å². The van der Waals surface area contributed by atoms with E-state index in [0.717, 1.165) is 11.1 Å². The third-order valence-electron chi connectivity index (χ3n) is 8.33. The predicted octanol–water partition coefficient (Wildman–Crippen LogP) is 3.89. The number of thioether (sulfide) groups is 1. The van der Waals surface area contributed by atoms with Crippen LogP contribution in [0.2, 0.25) is 0 Å². The van der Waals surface area contributed by atoms with E-state index in [1.807, 2.05) is 42.2 Å². The highest BCUT2D eigenvalue weighted by atomic mass is 32.2. The Morgan fingerprint density at radius 3 is 2.38 bits per heavy atom. The molecule has 3 aromatic carbocycles. The summed E-state index contributed by atoms with van der Waals surface area (Å²) in [6.07, 6.45) is 1.18. The van der Waals surface area contributed by atoms with Crippen LogP contribution in [0.4, 0.5) is 0 Å². The summed E-state index contributed by atoms with van der Waals surface area (Å²) in [4.78, 5) is 47.1. The van der Waals surface area contributed by atoms with Crippen LogP contribution in [-0.4, -0.2) is 85.4 Å². The average Bonchev–Trinajstić information content (AvgIpc) is 3.59. The Hall–Kier alpha value is -4.75. The first-order valence-corrected chi connectivity index (χ1v) is 16.7. The first-order chi connectivity index (χ1) is 23.4. The normalized spacial score (nSPS) is 14.5. The van der Waals surface area contributed by atoms with E-state index in [0.29, 0.717) is 90.3 Å². The number of nitrogens with zero attached hydrogens (tertiary/aromatic N) is 3. The van der Waals surface area contributed by atoms with Gasteiger partial charge in [0, 0.05) is 31.3 Å². The molecule has 1 unspecified atom stereocenters. The Balaban J connectivity index is 1.20. The number of carbonyl (C=O) groups is 2. The van der Waals surface area contributed by atoms with E-state index in [1.54, 1.807) is 43.1 Å². The van der Waals surface area contributed by atoms with Crippen molar-refractivity contribution in [2.75, 3.05) is 53.9 Å². The summed E-state index contributed by atoms with van der Waals surface area (Å²) in [5.74, 6) is 2.10. The van der Waals surface area contributed by atoms with Crippen molar-refractivity contribution >= 4 is 34.5 Å². The van der Waals surface area contributed by atoms with Gasteiger partial charge in [-0.05, 0) is 54.3 Å². The number of hydrogen-bond donors (Lipinski definition) is 1. The fourth-order valence-electron chi connectivity index (χ4n) is 5.65. The van der Waals surface area contributed by atoms with E-state index < -0.39 is 5.25 Å². The molecule has 13 heteroatoms. The lowest BCUT2D eigenvalue weighted by Gasteiger charge is -2.30. The zero-order valence-corrected chi connectivity index (χ0v) is 28.0. The molecule has 4 aromatic rings. The minimum absolute atomic E-state index is 0.00104. The molecule has 0 spiro atoms. The molecule has 2 aliphatic heterocycles. The molecule has 12 nitrogen and oxygen atoms in total. The van der Waals surface area contributed by atoms with Gasteiger partial charge in [-0.15, -0.1) is 0 Å². The van der Waals surface area contributed by atoms with E-state index in [4.69, 9.17) is 28.7 Å². The van der Waals surface area contributed by atoms with Gasteiger partial charge >= 0.3 is 0 Å². The molecule has 0 bridgehead atoms. The second-order valence-corrected chi connectivity index (χ2v) is 12.5. The quantitative estimate of drug-likeness (QED) is 0.175. The largest absolute Gasteiger partial charge is 0.493 e. The van der Waals surface area contributed by atoms with Gasteiger partial charge in [0.2, 0.25) is 12.7 Å². The van der Waals surface area contributed by atoms with Gasteiger partial charge in [-0.3, -0.25) is 19.0 Å². The van der Waals surface area contributed by atoms with Gasteiger partial charge in [0.15, 0.2) is 28.2 Å². The van der Waals surface area contributed by atoms with Crippen LogP contribution in [0.3, 0.4) is 0 Å². The van der Waals surface area contributed by atoms with Gasteiger partial charge in [-0.2, -0.15) is 0 Å². The molecule has 0 radical (unpaired) electrons. The zero-order chi connectivity index (χ0) is 33.6. The van der Waals surface area contributed by atoms with Crippen molar-refractivity contribution < 1.29 is 33.3 Å². The lowest BCUT2D eigenvalue weighted by atomic mass is 10.1. The van der Waals surface area contributed by atoms with Crippen molar-refractivity contribution in [3.63, 3.8) is 0 Å². The number of morpholine rings is 1. The van der Waals surface area contributed by atoms with Crippen molar-refractivity contribution in [1.82, 2.24) is 19.8 Å². The molecule has 3 heterocycles. The van der Waals surface area contributed by atoms with Crippen LogP contribution < -0.4 is 29.8 Å². The summed E-state index contributed by atoms with van der Waals surface area (Å²) in [6.45, 7) is 4.74. The number of benzene rings is 3. The number of nitrogens with one attached hydrogen (secondary N) is 1. The Morgan fingerprint density at radius 2 is 1.67 bits per heavy atom. The molecular formula is C35H38N4O8S. The van der Waals surface area contributed by atoms with Crippen LogP contribution in [0.25, 0.3) is 10.9 Å². The molecule has 2 amide bonds. The number of hydrogen-bond acceptors (Lipinski definition) is 10. The second kappa shape index (κ2) is 15.0. The fraction of sp³-hybridized carbons (Fsp3) is 0.371. The topological polar surface area (TPSA) is 130 Å². The summed E-state index contributed by atoms with van der Waals surface area (Å²) >= 11 is 1.29. The molecule has 6 rings (SSSR count). The van der Waals surface area contributed by atoms with Crippen molar-refractivity contribution in [1.29, 1.82) is 0 Å². The molecular weight excluding hydrogens is 636 g/mol. The number of fused-ring (bicyclic) bond motifs is 2. The number of rotatable bonds is 12. The number of aromatic nitrogens is 2. The minimum Gasteiger partial charge on any atom is -0.493 e. The minimum atomic E-state index is -0.433. The van der Waals surface area contributed by atoms with Crippen LogP contribution >= 0.6 is 11.8 Å². The highest BCUT2D eigenvalue weighted by Gasteiger charge is 2.28. The van der Waals surface area contributed by atoms with Gasteiger partial charge in [0.25, 0.3) is 11.5 Å². The van der Waals surface area contributed by atoms with Crippen molar-refractivity contribution in [3.05, 3.63) is 81.6 Å². The third-order valence-corrected chi connectivity index (χ3v) is 9.68. The van der Waals surface area contributed by atoms with E-state index in [-0.39, 0.29) is 30.7 Å². The molecule has 1 atom stereocenters. The predicted molar refractivity (Wildman–Crippen MR) is 181 cm³/mol. The third kappa shape index (κ3) is 7.21. The molecule has 1 fully saturated rings. The van der Waals surface area contributed by atoms with Crippen LogP contribution in [0.5, 0.6) is 23.0 Å². The van der Waals surface area contributed by atoms with Crippen molar-refractivity contribution in [3.8, 4) is 23.0 Å². The second-order valence-electron chi connectivity index (χ2n) is 11.4. The lowest BCUT2D eigenvalue weighted by molar-refractivity contribution is -0.134. The maximum Gasteiger partial charge on any atom is 0.262 e. The molecule has 252 valence electrons. The summed E-state index contributed by atoms with van der Waals surface area (Å²) in [7, 11) is 3.18. The summed E-state index contributed by atoms with van der Waals surface area (Å²) in [5.41, 5.74) is 2.52. The van der Waals surface area contributed by atoms with E-state index >= 15 is 0 Å². The molecule has 1 aromatic heterocycles. The Kier molecular flexibility index (Phi) is 10.4. The lowest BCUT2D eigenvalue weighted by Crippen LogP contribution is -2.44. The van der Waals surface area contributed by atoms with Gasteiger partial charge < -0.3 is 33.9 Å². The monoisotopic (exact) mass is 674 g/mol. The van der Waals surface area contributed by atoms with Crippen LogP contribution in [-0.2, 0) is 22.5 Å². The van der Waals surface area contributed by atoms with E-state index in [9.17, 15) is 14.4 Å². The number of amides is 2. The summed E-state index contributed by atoms with van der Waals surface area (Å²) in [5, 5.41) is 3.35. The molecule has 1 N–H and O–H groups in total. The van der Waals surface area contributed by atoms with Crippen LogP contribution in [0, 0.1) is 0 Å². The average molecular weight is 675 g/mol. The zero-order valence-electron chi connectivity index (χ0n) is 27.2. The van der Waals surface area contributed by atoms with Crippen molar-refractivity contribution in [2.24, 2.45) is 0 Å². The number of carbonyl (C=O) groups excluding carboxylic acids is 2. The van der Waals surface area contributed by atoms with Gasteiger partial charge in [-0.1, -0.05) is 36.9 Å². The maximum atomic E-state index is 14.0. The summed E-state index contributed by atoms with van der Waals surface area (Å²) < 4.78 is 28.7. The first-order valence-electron chi connectivity index (χ1n) is 15.8. The highest BCUT2D eigenvalue weighted by molar-refractivity contribution is 8.00. The SMILES string of the molecule is CCC(Sc1nc2cc3c(cc2c(=O)n1Cc1ccc(C(=O)NCCc2ccc(OC)c(OC)c2)cc1)OCO3)C(=O)N1CCOCC1. The smallest absolute Gasteiger partial charge is 0.262 e. The molecule has 0 saturated carbocycles. The Bertz CT molecular complexity index is 1860. The van der Waals surface area contributed by atoms with Gasteiger partial charge in [-0.25, -0.2) is 4.98 Å². The molecule has 1 saturated heterocycles. The number of methoxy groups -OCH3 is 2. The van der Waals surface area contributed by atoms with Crippen molar-refractivity contribution in [2.45, 2.75) is 36.7 Å². The maximum absolute atomic E-state index is 14.0. The van der Waals surface area contributed by atoms with E-state index in [2.05, 4.69) is 5.32 Å². The molecule has 2 aliphatic rings. The fourth-order valence-corrected chi connectivity index (χ4v) is 6.74. The molecule has 48 heavy (non-hydrogen) atoms. The Labute approximate surface area is 282 Å².